The molecule has 0 bridgehead atoms. The van der Waals surface area contributed by atoms with Crippen LogP contribution in [-0.4, -0.2) is 39.6 Å². The van der Waals surface area contributed by atoms with Gasteiger partial charge in [-0.25, -0.2) is 0 Å². The van der Waals surface area contributed by atoms with Gasteiger partial charge in [-0.3, -0.25) is 4.79 Å². The summed E-state index contributed by atoms with van der Waals surface area (Å²) in [6, 6.07) is 2.84. The molecule has 0 amide bonds. The van der Waals surface area contributed by atoms with Crippen LogP contribution in [-0.2, 0) is 4.79 Å². The van der Waals surface area contributed by atoms with Gasteiger partial charge < -0.3 is 15.4 Å². The van der Waals surface area contributed by atoms with Crippen molar-refractivity contribution in [1.82, 2.24) is 0 Å². The standard InChI is InChI=1S/C19H33N.C18H33NO2.C18H32O.C17H32O/c1-14(2)7-5-8-15(3)17-10-11-18-16(4)9-6-12-19(17,18)13-20;1-13(2)6-4-7-14(3)15-9-10-16-17(20)8-5-11-18(15,16)12-19-21;1-13(7-6-12-18(2,3)4)14-10-11-16-15(14)8-5-9-17(16)19;1-12(2)6-4-7-13(3)14-10-11-16-15(14)8-5-9-17(16)18/h14-18H,5-12H2,1-4H3;12-17,20-21H,4-11H2,1-3H3;13-16H,5-12H2,1-4H3;12-18H,4-11H2,1-3H3/b;19-12+;;/t15-,16-,17+,18-,19-;14-,15+,16-,17-,18-;13-,14+,15+,16+;13-,14+,15+,16+,17-/m0000/s1. The van der Waals surface area contributed by atoms with E-state index in [0.29, 0.717) is 52.6 Å². The van der Waals surface area contributed by atoms with E-state index in [4.69, 9.17) is 0 Å². The number of aliphatic hydroxyl groups excluding tert-OH is 2. The highest BCUT2D eigenvalue weighted by Crippen LogP contribution is 2.61. The van der Waals surface area contributed by atoms with Crippen molar-refractivity contribution in [3.05, 3.63) is 0 Å². The number of nitriles is 1. The number of oxime groups is 1. The minimum Gasteiger partial charge on any atom is -0.411 e. The number of Topliss-reactive ketones (excluding diaryl/α,β-unsaturated/α-hetero) is 1. The Kier molecular flexibility index (Phi) is 27.6. The first kappa shape index (κ1) is 67.3. The van der Waals surface area contributed by atoms with Crippen molar-refractivity contribution < 1.29 is 20.2 Å². The van der Waals surface area contributed by atoms with Gasteiger partial charge in [0.05, 0.1) is 29.9 Å². The van der Waals surface area contributed by atoms with Gasteiger partial charge in [-0.1, -0.05) is 187 Å². The molecule has 8 aliphatic rings. The smallest absolute Gasteiger partial charge is 0.136 e. The predicted molar refractivity (Wildman–Crippen MR) is 330 cm³/mol. The van der Waals surface area contributed by atoms with Crippen molar-refractivity contribution in [2.24, 2.45) is 128 Å². The van der Waals surface area contributed by atoms with E-state index >= 15 is 0 Å². The second kappa shape index (κ2) is 32.0. The molecule has 3 N–H and O–H groups in total. The van der Waals surface area contributed by atoms with E-state index in [1.807, 2.05) is 0 Å². The van der Waals surface area contributed by atoms with Gasteiger partial charge >= 0.3 is 0 Å². The molecule has 6 nitrogen and oxygen atoms in total. The summed E-state index contributed by atoms with van der Waals surface area (Å²) in [5.74, 6) is 13.6. The second-order valence-electron chi connectivity index (χ2n) is 31.7. The average Bonchev–Trinajstić information content (AvgIpc) is 4.29. The quantitative estimate of drug-likeness (QED) is 0.0638. The SMILES string of the molecule is CC(C)CCC[C@H](C)[C@H]1CC[C@@H]2[C@@H]1CCC[C@@H]2O.CC(C)CCC[C@H](C)[C@H]1CC[C@H]2[C@@H](C)CCC[C@]12C#N.CC(C)CCC[C@H](C)[C@H]1CC[C@H]2[C@@H](O)CCC[C@]12/C=N/O.C[C@@H](CCCC(C)(C)C)[C@H]1CC[C@H]2C(=O)CCC[C@H]12. The van der Waals surface area contributed by atoms with Crippen LogP contribution >= 0.6 is 0 Å². The third kappa shape index (κ3) is 18.3. The Morgan fingerprint density at radius 1 is 0.564 bits per heavy atom. The van der Waals surface area contributed by atoms with Gasteiger partial charge in [0.1, 0.15) is 5.78 Å². The van der Waals surface area contributed by atoms with Crippen molar-refractivity contribution in [1.29, 1.82) is 5.26 Å². The highest BCUT2D eigenvalue weighted by molar-refractivity contribution is 5.82. The minimum atomic E-state index is -0.204. The van der Waals surface area contributed by atoms with Gasteiger partial charge in [0.25, 0.3) is 0 Å². The van der Waals surface area contributed by atoms with Gasteiger partial charge in [-0.05, 0) is 215 Å². The zero-order valence-corrected chi connectivity index (χ0v) is 53.9. The molecule has 8 rings (SSSR count). The van der Waals surface area contributed by atoms with Crippen LogP contribution in [0, 0.1) is 134 Å². The van der Waals surface area contributed by atoms with Gasteiger partial charge in [0.2, 0.25) is 0 Å². The summed E-state index contributed by atoms with van der Waals surface area (Å²) in [6.45, 7) is 32.9. The van der Waals surface area contributed by atoms with Crippen molar-refractivity contribution in [3.63, 3.8) is 0 Å². The number of carbonyl (C=O) groups is 1. The van der Waals surface area contributed by atoms with Crippen molar-refractivity contribution in [2.75, 3.05) is 0 Å². The van der Waals surface area contributed by atoms with Gasteiger partial charge in [-0.2, -0.15) is 5.26 Å². The number of aliphatic hydroxyl groups is 2. The third-order valence-corrected chi connectivity index (χ3v) is 23.8. The van der Waals surface area contributed by atoms with E-state index in [0.717, 1.165) is 110 Å². The highest BCUT2D eigenvalue weighted by Gasteiger charge is 2.56. The summed E-state index contributed by atoms with van der Waals surface area (Å²) in [5.41, 5.74) is 0.456. The lowest BCUT2D eigenvalue weighted by molar-refractivity contribution is -0.126. The van der Waals surface area contributed by atoms with Crippen LogP contribution in [0.4, 0.5) is 0 Å². The van der Waals surface area contributed by atoms with Crippen molar-refractivity contribution >= 4 is 12.0 Å². The van der Waals surface area contributed by atoms with Crippen LogP contribution in [0.3, 0.4) is 0 Å². The Labute approximate surface area is 483 Å². The first-order valence-corrected chi connectivity index (χ1v) is 34.5. The molecule has 78 heavy (non-hydrogen) atoms. The zero-order chi connectivity index (χ0) is 57.4. The van der Waals surface area contributed by atoms with Gasteiger partial charge in [-0.15, -0.1) is 5.16 Å². The van der Waals surface area contributed by atoms with Crippen LogP contribution in [0.1, 0.15) is 302 Å². The first-order chi connectivity index (χ1) is 37.0. The normalized spacial score (nSPS) is 36.9. The summed E-state index contributed by atoms with van der Waals surface area (Å²) < 4.78 is 0. The number of fused-ring (bicyclic) bond motifs is 4. The van der Waals surface area contributed by atoms with E-state index in [-0.39, 0.29) is 23.0 Å². The summed E-state index contributed by atoms with van der Waals surface area (Å²) in [4.78, 5) is 12.0. The van der Waals surface area contributed by atoms with Crippen LogP contribution < -0.4 is 0 Å². The Hall–Kier alpha value is -1.45. The molecule has 0 spiro atoms. The van der Waals surface area contributed by atoms with E-state index < -0.39 is 0 Å². The molecule has 0 aliphatic heterocycles. The number of hydrogen-bond donors (Lipinski definition) is 3. The number of rotatable bonds is 20. The van der Waals surface area contributed by atoms with Crippen LogP contribution in [0.25, 0.3) is 0 Å². The maximum absolute atomic E-state index is 12.0. The topological polar surface area (TPSA) is 114 Å². The minimum absolute atomic E-state index is 0.0246. The maximum atomic E-state index is 12.0. The molecule has 8 fully saturated rings. The molecule has 0 heterocycles. The Bertz CT molecular complexity index is 1780. The number of carbonyl (C=O) groups excluding carboxylic acids is 1. The lowest BCUT2D eigenvalue weighted by atomic mass is 9.59. The Morgan fingerprint density at radius 3 is 1.69 bits per heavy atom. The molecule has 8 saturated carbocycles. The largest absolute Gasteiger partial charge is 0.411 e. The number of nitrogens with zero attached hydrogens (tertiary/aromatic N) is 2. The second-order valence-corrected chi connectivity index (χ2v) is 31.7. The molecule has 0 aromatic carbocycles. The predicted octanol–water partition coefficient (Wildman–Crippen LogP) is 20.1. The first-order valence-electron chi connectivity index (χ1n) is 34.5. The van der Waals surface area contributed by atoms with Crippen molar-refractivity contribution in [2.45, 2.75) is 315 Å². The fourth-order valence-electron chi connectivity index (χ4n) is 19.5. The molecule has 0 radical (unpaired) electrons. The fraction of sp³-hybridized carbons (Fsp3) is 0.958. The summed E-state index contributed by atoms with van der Waals surface area (Å²) >= 11 is 0. The highest BCUT2D eigenvalue weighted by atomic mass is 16.4. The van der Waals surface area contributed by atoms with E-state index in [1.54, 1.807) is 6.21 Å². The van der Waals surface area contributed by atoms with E-state index in [2.05, 4.69) is 108 Å². The van der Waals surface area contributed by atoms with E-state index in [1.165, 1.54) is 161 Å². The average molecular weight is 1090 g/mol. The lowest BCUT2D eigenvalue weighted by Crippen LogP contribution is -2.44. The molecule has 8 aliphatic carbocycles. The lowest BCUT2D eigenvalue weighted by Gasteiger charge is -2.44. The fourth-order valence-corrected chi connectivity index (χ4v) is 19.5. The van der Waals surface area contributed by atoms with Crippen LogP contribution in [0.2, 0.25) is 0 Å². The summed E-state index contributed by atoms with van der Waals surface area (Å²) in [6.07, 6.45) is 41.7. The number of hydrogen-bond acceptors (Lipinski definition) is 6. The summed E-state index contributed by atoms with van der Waals surface area (Å²) in [7, 11) is 0. The van der Waals surface area contributed by atoms with E-state index in [9.17, 15) is 25.5 Å². The monoisotopic (exact) mass is 1090 g/mol. The molecular formula is C72H130N2O4. The van der Waals surface area contributed by atoms with Crippen LogP contribution in [0.15, 0.2) is 5.16 Å². The summed E-state index contributed by atoms with van der Waals surface area (Å²) in [5, 5.41) is 43.1. The molecule has 0 unspecified atom stereocenters. The Balaban J connectivity index is 0.000000192. The maximum Gasteiger partial charge on any atom is 0.136 e. The molecule has 0 saturated heterocycles. The molecule has 19 atom stereocenters. The zero-order valence-electron chi connectivity index (χ0n) is 53.9. The molecule has 0 aromatic heterocycles. The van der Waals surface area contributed by atoms with Gasteiger partial charge in [0.15, 0.2) is 0 Å². The molecule has 452 valence electrons. The third-order valence-electron chi connectivity index (χ3n) is 23.8. The van der Waals surface area contributed by atoms with Gasteiger partial charge in [0, 0.05) is 17.8 Å². The molecule has 6 heteroatoms. The van der Waals surface area contributed by atoms with Crippen LogP contribution in [0.5, 0.6) is 0 Å². The molecular weight excluding hydrogens is 957 g/mol. The Morgan fingerprint density at radius 2 is 1.09 bits per heavy atom. The molecule has 0 aromatic rings. The van der Waals surface area contributed by atoms with Crippen molar-refractivity contribution in [3.8, 4) is 6.07 Å². The number of ketones is 1.